The first-order valence-corrected chi connectivity index (χ1v) is 3.77. The van der Waals surface area contributed by atoms with Crippen LogP contribution in [0.5, 0.6) is 0 Å². The fourth-order valence-electron chi connectivity index (χ4n) is 1.21. The second kappa shape index (κ2) is 3.02. The summed E-state index contributed by atoms with van der Waals surface area (Å²) in [5.41, 5.74) is 0. The molecule has 0 amide bonds. The molecule has 1 aromatic rings. The molecule has 4 nitrogen and oxygen atoms in total. The second-order valence-electron chi connectivity index (χ2n) is 2.56. The number of H-pyrrole nitrogens is 1. The lowest BCUT2D eigenvalue weighted by Crippen LogP contribution is -2.35. The summed E-state index contributed by atoms with van der Waals surface area (Å²) in [6.07, 6.45) is 3.58. The smallest absolute Gasteiger partial charge is 0.125 e. The molecule has 0 aliphatic carbocycles. The average molecular weight is 153 g/mol. The van der Waals surface area contributed by atoms with E-state index in [-0.39, 0.29) is 6.04 Å². The van der Waals surface area contributed by atoms with Crippen molar-refractivity contribution < 1.29 is 4.74 Å². The lowest BCUT2D eigenvalue weighted by Gasteiger charge is -2.21. The van der Waals surface area contributed by atoms with Crippen LogP contribution in [-0.4, -0.2) is 29.7 Å². The van der Waals surface area contributed by atoms with E-state index in [9.17, 15) is 0 Å². The van der Waals surface area contributed by atoms with E-state index in [1.165, 1.54) is 0 Å². The van der Waals surface area contributed by atoms with Crippen LogP contribution in [-0.2, 0) is 4.74 Å². The van der Waals surface area contributed by atoms with Crippen LogP contribution in [0.3, 0.4) is 0 Å². The van der Waals surface area contributed by atoms with Crippen molar-refractivity contribution in [1.29, 1.82) is 0 Å². The van der Waals surface area contributed by atoms with Crippen LogP contribution >= 0.6 is 0 Å². The average Bonchev–Trinajstić information content (AvgIpc) is 2.58. The molecule has 1 saturated heterocycles. The molecule has 60 valence electrons. The van der Waals surface area contributed by atoms with Gasteiger partial charge in [-0.2, -0.15) is 0 Å². The summed E-state index contributed by atoms with van der Waals surface area (Å²) in [5, 5.41) is 3.30. The molecule has 0 saturated carbocycles. The van der Waals surface area contributed by atoms with Crippen molar-refractivity contribution in [2.24, 2.45) is 0 Å². The zero-order valence-corrected chi connectivity index (χ0v) is 6.21. The van der Waals surface area contributed by atoms with Gasteiger partial charge >= 0.3 is 0 Å². The molecular weight excluding hydrogens is 142 g/mol. The zero-order valence-electron chi connectivity index (χ0n) is 6.21. The molecule has 0 bridgehead atoms. The number of nitrogens with zero attached hydrogens (tertiary/aromatic N) is 1. The van der Waals surface area contributed by atoms with Crippen molar-refractivity contribution in [3.63, 3.8) is 0 Å². The molecule has 4 heteroatoms. The highest BCUT2D eigenvalue weighted by Gasteiger charge is 2.16. The Morgan fingerprint density at radius 3 is 3.27 bits per heavy atom. The van der Waals surface area contributed by atoms with Crippen molar-refractivity contribution in [3.8, 4) is 0 Å². The van der Waals surface area contributed by atoms with Crippen molar-refractivity contribution in [1.82, 2.24) is 15.3 Å². The first-order valence-electron chi connectivity index (χ1n) is 3.77. The van der Waals surface area contributed by atoms with Crippen molar-refractivity contribution in [3.05, 3.63) is 18.2 Å². The van der Waals surface area contributed by atoms with Gasteiger partial charge in [-0.3, -0.25) is 0 Å². The van der Waals surface area contributed by atoms with Gasteiger partial charge in [-0.05, 0) is 0 Å². The Morgan fingerprint density at radius 1 is 1.64 bits per heavy atom. The highest BCUT2D eigenvalue weighted by atomic mass is 16.5. The Labute approximate surface area is 65.0 Å². The highest BCUT2D eigenvalue weighted by Crippen LogP contribution is 2.09. The van der Waals surface area contributed by atoms with E-state index in [2.05, 4.69) is 15.3 Å². The summed E-state index contributed by atoms with van der Waals surface area (Å²) in [5.74, 6) is 0.963. The Morgan fingerprint density at radius 2 is 2.64 bits per heavy atom. The van der Waals surface area contributed by atoms with Gasteiger partial charge in [-0.25, -0.2) is 4.98 Å². The number of aromatic nitrogens is 2. The van der Waals surface area contributed by atoms with Crippen molar-refractivity contribution in [2.45, 2.75) is 6.04 Å². The summed E-state index contributed by atoms with van der Waals surface area (Å²) in [6.45, 7) is 2.43. The lowest BCUT2D eigenvalue weighted by atomic mass is 10.3. The minimum Gasteiger partial charge on any atom is -0.378 e. The largest absolute Gasteiger partial charge is 0.378 e. The van der Waals surface area contributed by atoms with Crippen LogP contribution in [0.4, 0.5) is 0 Å². The van der Waals surface area contributed by atoms with Crippen LogP contribution < -0.4 is 5.32 Å². The topological polar surface area (TPSA) is 49.9 Å². The quantitative estimate of drug-likeness (QED) is 0.600. The minimum absolute atomic E-state index is 0.249. The SMILES string of the molecule is c1c[nH]c([C@@H]2COCCN2)n1. The predicted molar refractivity (Wildman–Crippen MR) is 40.2 cm³/mol. The summed E-state index contributed by atoms with van der Waals surface area (Å²) in [4.78, 5) is 7.20. The predicted octanol–water partition coefficient (Wildman–Crippen LogP) is 0.0706. The number of imidazole rings is 1. The van der Waals surface area contributed by atoms with Crippen LogP contribution in [0.1, 0.15) is 11.9 Å². The van der Waals surface area contributed by atoms with Crippen LogP contribution in [0.15, 0.2) is 12.4 Å². The third-order valence-corrected chi connectivity index (χ3v) is 1.77. The van der Waals surface area contributed by atoms with Gasteiger partial charge < -0.3 is 15.0 Å². The molecule has 1 aromatic heterocycles. The van der Waals surface area contributed by atoms with E-state index in [0.717, 1.165) is 19.0 Å². The van der Waals surface area contributed by atoms with Gasteiger partial charge in [-0.1, -0.05) is 0 Å². The first kappa shape index (κ1) is 6.82. The van der Waals surface area contributed by atoms with Gasteiger partial charge in [0.05, 0.1) is 19.3 Å². The fraction of sp³-hybridized carbons (Fsp3) is 0.571. The van der Waals surface area contributed by atoms with E-state index >= 15 is 0 Å². The van der Waals surface area contributed by atoms with Crippen LogP contribution in [0.2, 0.25) is 0 Å². The molecule has 0 unspecified atom stereocenters. The molecule has 2 N–H and O–H groups in total. The van der Waals surface area contributed by atoms with E-state index in [1.807, 2.05) is 6.20 Å². The van der Waals surface area contributed by atoms with Gasteiger partial charge in [-0.15, -0.1) is 0 Å². The lowest BCUT2D eigenvalue weighted by molar-refractivity contribution is 0.0745. The molecular formula is C7H11N3O. The van der Waals surface area contributed by atoms with Crippen molar-refractivity contribution in [2.75, 3.05) is 19.8 Å². The number of hydrogen-bond acceptors (Lipinski definition) is 3. The van der Waals surface area contributed by atoms with E-state index in [1.54, 1.807) is 6.20 Å². The number of hydrogen-bond donors (Lipinski definition) is 2. The highest BCUT2D eigenvalue weighted by molar-refractivity contribution is 4.96. The Kier molecular flexibility index (Phi) is 1.87. The number of nitrogens with one attached hydrogen (secondary N) is 2. The van der Waals surface area contributed by atoms with Gasteiger partial charge in [0.1, 0.15) is 5.82 Å². The maximum Gasteiger partial charge on any atom is 0.125 e. The molecule has 1 fully saturated rings. The summed E-state index contributed by atoms with van der Waals surface area (Å²) >= 11 is 0. The van der Waals surface area contributed by atoms with Crippen LogP contribution in [0.25, 0.3) is 0 Å². The van der Waals surface area contributed by atoms with Crippen LogP contribution in [0, 0.1) is 0 Å². The molecule has 2 heterocycles. The summed E-state index contributed by atoms with van der Waals surface area (Å²) in [7, 11) is 0. The van der Waals surface area contributed by atoms with E-state index in [0.29, 0.717) is 6.61 Å². The third-order valence-electron chi connectivity index (χ3n) is 1.77. The Bertz CT molecular complexity index is 203. The molecule has 1 aliphatic heterocycles. The van der Waals surface area contributed by atoms with Crippen molar-refractivity contribution >= 4 is 0 Å². The maximum atomic E-state index is 5.28. The summed E-state index contributed by atoms with van der Waals surface area (Å²) < 4.78 is 5.28. The summed E-state index contributed by atoms with van der Waals surface area (Å²) in [6, 6.07) is 0.249. The Balaban J connectivity index is 2.04. The Hall–Kier alpha value is -0.870. The molecule has 1 aliphatic rings. The van der Waals surface area contributed by atoms with Gasteiger partial charge in [0.2, 0.25) is 0 Å². The monoisotopic (exact) mass is 153 g/mol. The maximum absolute atomic E-state index is 5.28. The number of rotatable bonds is 1. The minimum atomic E-state index is 0.249. The molecule has 0 spiro atoms. The first-order chi connectivity index (χ1) is 5.47. The van der Waals surface area contributed by atoms with E-state index in [4.69, 9.17) is 4.74 Å². The fourth-order valence-corrected chi connectivity index (χ4v) is 1.21. The second-order valence-corrected chi connectivity index (χ2v) is 2.56. The third kappa shape index (κ3) is 1.41. The zero-order chi connectivity index (χ0) is 7.52. The number of morpholine rings is 1. The van der Waals surface area contributed by atoms with Gasteiger partial charge in [0, 0.05) is 18.9 Å². The van der Waals surface area contributed by atoms with Gasteiger partial charge in [0.15, 0.2) is 0 Å². The molecule has 11 heavy (non-hydrogen) atoms. The van der Waals surface area contributed by atoms with Gasteiger partial charge in [0.25, 0.3) is 0 Å². The number of ether oxygens (including phenoxy) is 1. The van der Waals surface area contributed by atoms with E-state index < -0.39 is 0 Å². The molecule has 0 radical (unpaired) electrons. The molecule has 1 atom stereocenters. The molecule has 0 aromatic carbocycles. The standard InChI is InChI=1S/C7H11N3O/c1-2-10-7(9-1)6-5-11-4-3-8-6/h1-2,6,8H,3-5H2,(H,9,10)/t6-/m0/s1. The number of aromatic amines is 1. The molecule has 2 rings (SSSR count). The normalized spacial score (nSPS) is 25.3.